The van der Waals surface area contributed by atoms with E-state index in [1.165, 1.54) is 13.1 Å². The van der Waals surface area contributed by atoms with Crippen LogP contribution in [0.3, 0.4) is 0 Å². The molecular formula is C16H23F3IN3O2. The van der Waals surface area contributed by atoms with Crippen molar-refractivity contribution >= 4 is 35.9 Å². The van der Waals surface area contributed by atoms with Gasteiger partial charge in [-0.05, 0) is 31.5 Å². The lowest BCUT2D eigenvalue weighted by Gasteiger charge is -2.13. The molecule has 0 heterocycles. The van der Waals surface area contributed by atoms with Crippen molar-refractivity contribution in [2.75, 3.05) is 13.6 Å². The van der Waals surface area contributed by atoms with Crippen molar-refractivity contribution in [1.82, 2.24) is 10.6 Å². The van der Waals surface area contributed by atoms with Gasteiger partial charge in [0.15, 0.2) is 5.96 Å². The Morgan fingerprint density at radius 2 is 1.96 bits per heavy atom. The van der Waals surface area contributed by atoms with Crippen molar-refractivity contribution in [2.45, 2.75) is 39.1 Å². The third-order valence-corrected chi connectivity index (χ3v) is 2.93. The molecule has 2 N–H and O–H groups in total. The van der Waals surface area contributed by atoms with E-state index in [1.54, 1.807) is 19.9 Å². The first kappa shape index (κ1) is 23.5. The smallest absolute Gasteiger partial charge is 0.416 e. The van der Waals surface area contributed by atoms with Crippen molar-refractivity contribution in [3.63, 3.8) is 0 Å². The molecule has 0 amide bonds. The lowest BCUT2D eigenvalue weighted by Crippen LogP contribution is -2.38. The molecule has 25 heavy (non-hydrogen) atoms. The molecule has 0 saturated carbocycles. The lowest BCUT2D eigenvalue weighted by molar-refractivity contribution is -0.147. The molecule has 9 heteroatoms. The molecule has 0 atom stereocenters. The van der Waals surface area contributed by atoms with Gasteiger partial charge in [-0.25, -0.2) is 0 Å². The molecule has 0 aliphatic rings. The fourth-order valence-corrected chi connectivity index (χ4v) is 1.87. The quantitative estimate of drug-likeness (QED) is 0.288. The topological polar surface area (TPSA) is 62.7 Å². The van der Waals surface area contributed by atoms with Crippen LogP contribution < -0.4 is 10.6 Å². The second kappa shape index (κ2) is 11.2. The Morgan fingerprint density at radius 3 is 2.52 bits per heavy atom. The summed E-state index contributed by atoms with van der Waals surface area (Å²) >= 11 is 0. The molecule has 0 spiro atoms. The van der Waals surface area contributed by atoms with Gasteiger partial charge in [-0.3, -0.25) is 9.79 Å². The molecule has 0 saturated heterocycles. The second-order valence-corrected chi connectivity index (χ2v) is 5.34. The minimum absolute atomic E-state index is 0. The number of alkyl halides is 3. The summed E-state index contributed by atoms with van der Waals surface area (Å²) < 4.78 is 43.0. The molecule has 0 aliphatic heterocycles. The number of nitrogens with zero attached hydrogens (tertiary/aromatic N) is 1. The molecule has 0 aromatic heterocycles. The van der Waals surface area contributed by atoms with Gasteiger partial charge < -0.3 is 15.4 Å². The van der Waals surface area contributed by atoms with Gasteiger partial charge in [0.2, 0.25) is 0 Å². The van der Waals surface area contributed by atoms with Crippen molar-refractivity contribution in [3.8, 4) is 0 Å². The molecule has 0 fully saturated rings. The van der Waals surface area contributed by atoms with Gasteiger partial charge in [0, 0.05) is 20.1 Å². The molecular weight excluding hydrogens is 450 g/mol. The Balaban J connectivity index is 0.00000576. The molecule has 0 aliphatic carbocycles. The Labute approximate surface area is 162 Å². The normalized spacial score (nSPS) is 11.7. The number of esters is 1. The van der Waals surface area contributed by atoms with Gasteiger partial charge in [-0.15, -0.1) is 24.0 Å². The standard InChI is InChI=1S/C16H22F3N3O2.HI/c1-11(2)24-14(23)7-8-21-15(20-3)22-10-12-5-4-6-13(9-12)16(17,18)19;/h4-6,9,11H,7-8,10H2,1-3H3,(H2,20,21,22);1H. The van der Waals surface area contributed by atoms with Gasteiger partial charge in [-0.2, -0.15) is 13.2 Å². The zero-order valence-electron chi connectivity index (χ0n) is 14.3. The van der Waals surface area contributed by atoms with Crippen LogP contribution in [-0.4, -0.2) is 31.6 Å². The minimum atomic E-state index is -4.37. The number of hydrogen-bond acceptors (Lipinski definition) is 3. The first-order chi connectivity index (χ1) is 11.2. The number of nitrogens with one attached hydrogen (secondary N) is 2. The van der Waals surface area contributed by atoms with Crippen LogP contribution in [-0.2, 0) is 22.3 Å². The van der Waals surface area contributed by atoms with E-state index in [0.29, 0.717) is 18.1 Å². The minimum Gasteiger partial charge on any atom is -0.463 e. The fraction of sp³-hybridized carbons (Fsp3) is 0.500. The molecule has 5 nitrogen and oxygen atoms in total. The van der Waals surface area contributed by atoms with Crippen LogP contribution in [0.4, 0.5) is 13.2 Å². The Hall–Kier alpha value is -1.52. The van der Waals surface area contributed by atoms with Crippen LogP contribution in [0, 0.1) is 0 Å². The second-order valence-electron chi connectivity index (χ2n) is 5.34. The molecule has 0 radical (unpaired) electrons. The first-order valence-electron chi connectivity index (χ1n) is 7.52. The van der Waals surface area contributed by atoms with Gasteiger partial charge in [-0.1, -0.05) is 12.1 Å². The highest BCUT2D eigenvalue weighted by Crippen LogP contribution is 2.29. The monoisotopic (exact) mass is 473 g/mol. The number of ether oxygens (including phenoxy) is 1. The van der Waals surface area contributed by atoms with Crippen LogP contribution in [0.15, 0.2) is 29.3 Å². The summed E-state index contributed by atoms with van der Waals surface area (Å²) in [6, 6.07) is 5.06. The van der Waals surface area contributed by atoms with E-state index >= 15 is 0 Å². The highest BCUT2D eigenvalue weighted by molar-refractivity contribution is 14.0. The number of carbonyl (C=O) groups excluding carboxylic acids is 1. The first-order valence-corrected chi connectivity index (χ1v) is 7.52. The van der Waals surface area contributed by atoms with Crippen molar-refractivity contribution < 1.29 is 22.7 Å². The van der Waals surface area contributed by atoms with Crippen molar-refractivity contribution in [2.24, 2.45) is 4.99 Å². The van der Waals surface area contributed by atoms with Crippen LogP contribution in [0.5, 0.6) is 0 Å². The average Bonchev–Trinajstić information content (AvgIpc) is 2.49. The van der Waals surface area contributed by atoms with Crippen LogP contribution in [0.2, 0.25) is 0 Å². The third-order valence-electron chi connectivity index (χ3n) is 2.93. The summed E-state index contributed by atoms with van der Waals surface area (Å²) in [5, 5.41) is 5.80. The van der Waals surface area contributed by atoms with E-state index in [4.69, 9.17) is 4.74 Å². The predicted octanol–water partition coefficient (Wildman–Crippen LogP) is 3.33. The highest BCUT2D eigenvalue weighted by atomic mass is 127. The molecule has 0 bridgehead atoms. The largest absolute Gasteiger partial charge is 0.463 e. The van der Waals surface area contributed by atoms with E-state index in [9.17, 15) is 18.0 Å². The molecule has 1 rings (SSSR count). The Bertz CT molecular complexity index is 578. The van der Waals surface area contributed by atoms with Crippen molar-refractivity contribution in [1.29, 1.82) is 0 Å². The third kappa shape index (κ3) is 9.51. The predicted molar refractivity (Wildman–Crippen MR) is 101 cm³/mol. The van der Waals surface area contributed by atoms with E-state index in [-0.39, 0.29) is 49.0 Å². The van der Waals surface area contributed by atoms with Crippen LogP contribution >= 0.6 is 24.0 Å². The maximum absolute atomic E-state index is 12.7. The zero-order chi connectivity index (χ0) is 18.2. The SMILES string of the molecule is CN=C(NCCC(=O)OC(C)C)NCc1cccc(C(F)(F)F)c1.I. The Morgan fingerprint density at radius 1 is 1.28 bits per heavy atom. The Kier molecular flexibility index (Phi) is 10.5. The number of aliphatic imine (C=N–C) groups is 1. The molecule has 0 unspecified atom stereocenters. The summed E-state index contributed by atoms with van der Waals surface area (Å²) in [4.78, 5) is 15.4. The van der Waals surface area contributed by atoms with E-state index in [0.717, 1.165) is 12.1 Å². The fourth-order valence-electron chi connectivity index (χ4n) is 1.87. The number of carbonyl (C=O) groups is 1. The number of rotatable bonds is 6. The summed E-state index contributed by atoms with van der Waals surface area (Å²) in [6.07, 6.45) is -4.37. The summed E-state index contributed by atoms with van der Waals surface area (Å²) in [7, 11) is 1.54. The number of halogens is 4. The summed E-state index contributed by atoms with van der Waals surface area (Å²) in [6.45, 7) is 4.02. The maximum Gasteiger partial charge on any atom is 0.416 e. The van der Waals surface area contributed by atoms with Gasteiger partial charge in [0.1, 0.15) is 0 Å². The highest BCUT2D eigenvalue weighted by Gasteiger charge is 2.30. The van der Waals surface area contributed by atoms with Gasteiger partial charge >= 0.3 is 12.1 Å². The van der Waals surface area contributed by atoms with E-state index < -0.39 is 11.7 Å². The molecule has 142 valence electrons. The molecule has 1 aromatic rings. The van der Waals surface area contributed by atoms with E-state index in [2.05, 4.69) is 15.6 Å². The lowest BCUT2D eigenvalue weighted by atomic mass is 10.1. The van der Waals surface area contributed by atoms with Crippen molar-refractivity contribution in [3.05, 3.63) is 35.4 Å². The summed E-state index contributed by atoms with van der Waals surface area (Å²) in [5.74, 6) is 0.0654. The average molecular weight is 473 g/mol. The maximum atomic E-state index is 12.7. The van der Waals surface area contributed by atoms with Crippen LogP contribution in [0.1, 0.15) is 31.4 Å². The number of guanidine groups is 1. The van der Waals surface area contributed by atoms with Gasteiger partial charge in [0.25, 0.3) is 0 Å². The number of hydrogen-bond donors (Lipinski definition) is 2. The van der Waals surface area contributed by atoms with Gasteiger partial charge in [0.05, 0.1) is 18.1 Å². The van der Waals surface area contributed by atoms with Crippen LogP contribution in [0.25, 0.3) is 0 Å². The van der Waals surface area contributed by atoms with E-state index in [1.807, 2.05) is 0 Å². The zero-order valence-corrected chi connectivity index (χ0v) is 16.6. The number of benzene rings is 1. The molecule has 1 aromatic carbocycles. The summed E-state index contributed by atoms with van der Waals surface area (Å²) in [5.41, 5.74) is -0.215.